The second-order valence-electron chi connectivity index (χ2n) is 4.38. The van der Waals surface area contributed by atoms with Gasteiger partial charge in [-0.15, -0.1) is 11.8 Å². The number of carbonyl (C=O) groups excluding carboxylic acids is 1. The molecule has 0 bridgehead atoms. The highest BCUT2D eigenvalue weighted by Gasteiger charge is 2.22. The second kappa shape index (κ2) is 5.45. The van der Waals surface area contributed by atoms with Crippen molar-refractivity contribution in [2.75, 3.05) is 12.3 Å². The van der Waals surface area contributed by atoms with Gasteiger partial charge >= 0.3 is 0 Å². The molecule has 1 aromatic carbocycles. The fourth-order valence-corrected chi connectivity index (χ4v) is 3.16. The molecule has 1 aliphatic heterocycles. The first-order valence-electron chi connectivity index (χ1n) is 5.98. The van der Waals surface area contributed by atoms with E-state index in [9.17, 15) is 4.79 Å². The van der Waals surface area contributed by atoms with Crippen LogP contribution in [0.5, 0.6) is 0 Å². The Morgan fingerprint density at radius 2 is 2.24 bits per heavy atom. The van der Waals surface area contributed by atoms with Gasteiger partial charge in [-0.1, -0.05) is 18.6 Å². The molecule has 2 rings (SSSR count). The number of para-hydroxylation sites is 1. The first kappa shape index (κ1) is 12.3. The summed E-state index contributed by atoms with van der Waals surface area (Å²) in [5.41, 5.74) is 7.91. The van der Waals surface area contributed by atoms with Gasteiger partial charge < -0.3 is 11.1 Å². The molecule has 1 heterocycles. The van der Waals surface area contributed by atoms with Crippen LogP contribution < -0.4 is 11.1 Å². The summed E-state index contributed by atoms with van der Waals surface area (Å²) in [5, 5.41) is 2.95. The Morgan fingerprint density at radius 3 is 3.06 bits per heavy atom. The molecular formula is C13H18N2OS. The van der Waals surface area contributed by atoms with Crippen LogP contribution in [0.2, 0.25) is 0 Å². The zero-order valence-corrected chi connectivity index (χ0v) is 10.8. The summed E-state index contributed by atoms with van der Waals surface area (Å²) in [6, 6.07) is 5.97. The van der Waals surface area contributed by atoms with Gasteiger partial charge in [0.05, 0.1) is 5.25 Å². The molecule has 1 aliphatic rings. The number of hydrogen-bond donors (Lipinski definition) is 2. The average Bonchev–Trinajstić information content (AvgIpc) is 2.51. The molecule has 4 heteroatoms. The molecule has 1 unspecified atom stereocenters. The molecular weight excluding hydrogens is 232 g/mol. The van der Waals surface area contributed by atoms with Crippen molar-refractivity contribution in [1.82, 2.24) is 5.32 Å². The van der Waals surface area contributed by atoms with Crippen molar-refractivity contribution in [1.29, 1.82) is 0 Å². The van der Waals surface area contributed by atoms with Gasteiger partial charge in [-0.3, -0.25) is 4.79 Å². The number of amides is 1. The number of aryl methyl sites for hydroxylation is 1. The monoisotopic (exact) mass is 250 g/mol. The summed E-state index contributed by atoms with van der Waals surface area (Å²) in [7, 11) is 0. The molecule has 1 fully saturated rings. The lowest BCUT2D eigenvalue weighted by Crippen LogP contribution is -2.30. The van der Waals surface area contributed by atoms with E-state index >= 15 is 0 Å². The number of anilines is 1. The van der Waals surface area contributed by atoms with Gasteiger partial charge in [-0.25, -0.2) is 0 Å². The zero-order valence-electron chi connectivity index (χ0n) is 10.0. The van der Waals surface area contributed by atoms with Gasteiger partial charge in [0.15, 0.2) is 0 Å². The molecule has 1 amide bonds. The predicted molar refractivity (Wildman–Crippen MR) is 72.1 cm³/mol. The van der Waals surface area contributed by atoms with Crippen LogP contribution in [0, 0.1) is 6.92 Å². The van der Waals surface area contributed by atoms with Crippen LogP contribution in [0.25, 0.3) is 0 Å². The van der Waals surface area contributed by atoms with Crippen molar-refractivity contribution in [3.05, 3.63) is 23.8 Å². The fraction of sp³-hybridized carbons (Fsp3) is 0.462. The van der Waals surface area contributed by atoms with E-state index in [0.29, 0.717) is 0 Å². The first-order chi connectivity index (χ1) is 8.18. The Labute approximate surface area is 106 Å². The molecule has 0 aromatic heterocycles. The van der Waals surface area contributed by atoms with Crippen LogP contribution in [-0.4, -0.2) is 17.7 Å². The topological polar surface area (TPSA) is 55.1 Å². The summed E-state index contributed by atoms with van der Waals surface area (Å²) >= 11 is 1.59. The van der Waals surface area contributed by atoms with Crippen LogP contribution in [-0.2, 0) is 4.79 Å². The van der Waals surface area contributed by atoms with Crippen molar-refractivity contribution in [3.8, 4) is 0 Å². The highest BCUT2D eigenvalue weighted by atomic mass is 32.2. The fourth-order valence-electron chi connectivity index (χ4n) is 1.93. The van der Waals surface area contributed by atoms with Crippen molar-refractivity contribution < 1.29 is 4.79 Å². The molecule has 17 heavy (non-hydrogen) atoms. The smallest absolute Gasteiger partial charge is 0.233 e. The summed E-state index contributed by atoms with van der Waals surface area (Å²) in [5.74, 6) is 0.147. The van der Waals surface area contributed by atoms with Crippen LogP contribution in [0.15, 0.2) is 23.1 Å². The van der Waals surface area contributed by atoms with Crippen molar-refractivity contribution in [2.45, 2.75) is 36.3 Å². The summed E-state index contributed by atoms with van der Waals surface area (Å²) in [6.45, 7) is 2.80. The minimum absolute atomic E-state index is 0.00148. The summed E-state index contributed by atoms with van der Waals surface area (Å²) in [6.07, 6.45) is 3.11. The third-order valence-electron chi connectivity index (χ3n) is 3.04. The maximum atomic E-state index is 11.8. The van der Waals surface area contributed by atoms with Crippen molar-refractivity contribution in [2.24, 2.45) is 0 Å². The lowest BCUT2D eigenvalue weighted by molar-refractivity contribution is -0.120. The molecule has 3 N–H and O–H groups in total. The van der Waals surface area contributed by atoms with Crippen molar-refractivity contribution in [3.63, 3.8) is 0 Å². The van der Waals surface area contributed by atoms with Crippen LogP contribution in [0.1, 0.15) is 24.8 Å². The summed E-state index contributed by atoms with van der Waals surface area (Å²) < 4.78 is 0. The average molecular weight is 250 g/mol. The standard InChI is InChI=1S/C13H18N2OS/c1-9-5-4-7-10(12(9)14)17-11-6-2-3-8-15-13(11)16/h4-5,7,11H,2-3,6,8,14H2,1H3,(H,15,16). The number of nitrogen functional groups attached to an aromatic ring is 1. The van der Waals surface area contributed by atoms with E-state index in [0.717, 1.165) is 42.0 Å². The molecule has 0 spiro atoms. The minimum Gasteiger partial charge on any atom is -0.398 e. The Balaban J connectivity index is 2.13. The zero-order chi connectivity index (χ0) is 12.3. The highest BCUT2D eigenvalue weighted by molar-refractivity contribution is 8.00. The Hall–Kier alpha value is -1.16. The second-order valence-corrected chi connectivity index (χ2v) is 5.62. The van der Waals surface area contributed by atoms with Crippen LogP contribution >= 0.6 is 11.8 Å². The minimum atomic E-state index is 0.00148. The Kier molecular flexibility index (Phi) is 3.94. The van der Waals surface area contributed by atoms with Gasteiger partial charge in [0, 0.05) is 17.1 Å². The van der Waals surface area contributed by atoms with Crippen LogP contribution in [0.4, 0.5) is 5.69 Å². The van der Waals surface area contributed by atoms with E-state index < -0.39 is 0 Å². The normalized spacial score (nSPS) is 20.8. The van der Waals surface area contributed by atoms with Gasteiger partial charge in [0.1, 0.15) is 0 Å². The quantitative estimate of drug-likeness (QED) is 0.792. The predicted octanol–water partition coefficient (Wildman–Crippen LogP) is 2.34. The number of rotatable bonds is 2. The van der Waals surface area contributed by atoms with E-state index in [-0.39, 0.29) is 11.2 Å². The highest BCUT2D eigenvalue weighted by Crippen LogP contribution is 2.33. The molecule has 0 saturated carbocycles. The number of nitrogens with two attached hydrogens (primary N) is 1. The number of nitrogens with one attached hydrogen (secondary N) is 1. The van der Waals surface area contributed by atoms with E-state index in [2.05, 4.69) is 5.32 Å². The third-order valence-corrected chi connectivity index (χ3v) is 4.38. The third kappa shape index (κ3) is 2.94. The van der Waals surface area contributed by atoms with E-state index in [1.165, 1.54) is 0 Å². The molecule has 3 nitrogen and oxygen atoms in total. The van der Waals surface area contributed by atoms with Gasteiger partial charge in [0.25, 0.3) is 0 Å². The van der Waals surface area contributed by atoms with E-state index in [1.807, 2.05) is 25.1 Å². The molecule has 1 atom stereocenters. The molecule has 0 radical (unpaired) electrons. The van der Waals surface area contributed by atoms with Gasteiger partial charge in [0.2, 0.25) is 5.91 Å². The lowest BCUT2D eigenvalue weighted by Gasteiger charge is -2.14. The van der Waals surface area contributed by atoms with E-state index in [1.54, 1.807) is 11.8 Å². The van der Waals surface area contributed by atoms with Crippen LogP contribution in [0.3, 0.4) is 0 Å². The number of benzene rings is 1. The Bertz CT molecular complexity index is 420. The maximum Gasteiger partial charge on any atom is 0.233 e. The molecule has 1 saturated heterocycles. The van der Waals surface area contributed by atoms with Gasteiger partial charge in [-0.2, -0.15) is 0 Å². The largest absolute Gasteiger partial charge is 0.398 e. The molecule has 1 aromatic rings. The SMILES string of the molecule is Cc1cccc(SC2CCCCNC2=O)c1N. The number of carbonyl (C=O) groups is 1. The van der Waals surface area contributed by atoms with Crippen molar-refractivity contribution >= 4 is 23.4 Å². The number of thioether (sulfide) groups is 1. The first-order valence-corrected chi connectivity index (χ1v) is 6.86. The number of hydrogen-bond acceptors (Lipinski definition) is 3. The summed E-state index contributed by atoms with van der Waals surface area (Å²) in [4.78, 5) is 12.9. The lowest BCUT2D eigenvalue weighted by atomic mass is 10.2. The van der Waals surface area contributed by atoms with Gasteiger partial charge in [-0.05, 0) is 31.4 Å². The van der Waals surface area contributed by atoms with E-state index in [4.69, 9.17) is 5.73 Å². The maximum absolute atomic E-state index is 11.8. The molecule has 92 valence electrons. The Morgan fingerprint density at radius 1 is 1.41 bits per heavy atom. The molecule has 0 aliphatic carbocycles.